The quantitative estimate of drug-likeness (QED) is 0.344. The number of rotatable bonds is 7. The third-order valence-corrected chi connectivity index (χ3v) is 11.1. The number of primary amides is 1. The molecular weight excluding hydrogens is 649 g/mol. The van der Waals surface area contributed by atoms with Crippen molar-refractivity contribution in [1.82, 2.24) is 24.3 Å². The molecule has 2 fully saturated rings. The summed E-state index contributed by atoms with van der Waals surface area (Å²) >= 11 is 0. The van der Waals surface area contributed by atoms with Crippen molar-refractivity contribution in [1.29, 1.82) is 0 Å². The molecule has 1 aromatic heterocycles. The lowest BCUT2D eigenvalue weighted by molar-refractivity contribution is -0.141. The van der Waals surface area contributed by atoms with E-state index in [-0.39, 0.29) is 53.1 Å². The van der Waals surface area contributed by atoms with Gasteiger partial charge in [0.25, 0.3) is 11.8 Å². The van der Waals surface area contributed by atoms with Crippen LogP contribution in [0.25, 0.3) is 5.69 Å². The summed E-state index contributed by atoms with van der Waals surface area (Å²) in [6, 6.07) is 11.0. The first-order chi connectivity index (χ1) is 22.5. The van der Waals surface area contributed by atoms with Gasteiger partial charge < -0.3 is 26.2 Å². The Morgan fingerprint density at radius 2 is 1.62 bits per heavy atom. The molecule has 12 nitrogen and oxygen atoms in total. The molecule has 0 unspecified atom stereocenters. The maximum atomic E-state index is 14.0. The van der Waals surface area contributed by atoms with Gasteiger partial charge in [0.2, 0.25) is 10.0 Å². The lowest BCUT2D eigenvalue weighted by Gasteiger charge is -2.34. The largest absolute Gasteiger partial charge is 0.435 e. The minimum Gasteiger partial charge on any atom is -0.382 e. The fourth-order valence-electron chi connectivity index (χ4n) is 6.60. The Balaban J connectivity index is 1.20. The standard InChI is InChI=1S/C32H39F3N8O4S/c1-31(2)19-26-27(30(45)38-31)28(32(33,34)35)39-43(26)22-6-9-24(29(36)44)25(18-22)37-20-10-12-42(13-11-20)48(46,47)23-7-4-21(5-8-23)41-16-14-40(3)15-17-41/h4-9,18,20,37H,10-17,19H2,1-3H3,(H2,36,44)(H,38,45). The molecule has 3 aliphatic rings. The predicted octanol–water partition coefficient (Wildman–Crippen LogP) is 3.07. The molecule has 0 saturated carbocycles. The van der Waals surface area contributed by atoms with Crippen LogP contribution in [0.2, 0.25) is 0 Å². The van der Waals surface area contributed by atoms with Gasteiger partial charge in [0, 0.05) is 68.6 Å². The van der Waals surface area contributed by atoms with Crippen LogP contribution in [-0.4, -0.2) is 97.1 Å². The van der Waals surface area contributed by atoms with Crippen LogP contribution in [-0.2, 0) is 22.6 Å². The van der Waals surface area contributed by atoms with Crippen LogP contribution in [0.1, 0.15) is 58.8 Å². The maximum Gasteiger partial charge on any atom is 0.435 e. The Kier molecular flexibility index (Phi) is 8.70. The molecule has 2 saturated heterocycles. The van der Waals surface area contributed by atoms with E-state index in [0.29, 0.717) is 12.8 Å². The monoisotopic (exact) mass is 688 g/mol. The van der Waals surface area contributed by atoms with Crippen LogP contribution >= 0.6 is 0 Å². The number of carbonyl (C=O) groups excluding carboxylic acids is 2. The van der Waals surface area contributed by atoms with Crippen molar-refractivity contribution in [3.8, 4) is 5.69 Å². The lowest BCUT2D eigenvalue weighted by Crippen LogP contribution is -2.49. The summed E-state index contributed by atoms with van der Waals surface area (Å²) in [6.07, 6.45) is -3.97. The smallest absolute Gasteiger partial charge is 0.382 e. The number of carbonyl (C=O) groups is 2. The highest BCUT2D eigenvalue weighted by Gasteiger charge is 2.45. The van der Waals surface area contributed by atoms with Crippen LogP contribution in [0.15, 0.2) is 47.4 Å². The number of anilines is 2. The van der Waals surface area contributed by atoms with E-state index >= 15 is 0 Å². The number of sulfonamides is 1. The molecule has 6 rings (SSSR count). The Labute approximate surface area is 277 Å². The maximum absolute atomic E-state index is 14.0. The van der Waals surface area contributed by atoms with Gasteiger partial charge in [-0.15, -0.1) is 0 Å². The molecule has 2 aromatic carbocycles. The molecule has 0 atom stereocenters. The Bertz CT molecular complexity index is 1830. The number of nitrogens with two attached hydrogens (primary N) is 1. The third-order valence-electron chi connectivity index (χ3n) is 9.21. The number of nitrogens with one attached hydrogen (secondary N) is 2. The number of fused-ring (bicyclic) bond motifs is 1. The van der Waals surface area contributed by atoms with Crippen molar-refractivity contribution in [2.45, 2.75) is 55.8 Å². The van der Waals surface area contributed by atoms with Gasteiger partial charge in [-0.1, -0.05) is 0 Å². The van der Waals surface area contributed by atoms with Crippen molar-refractivity contribution in [2.24, 2.45) is 5.73 Å². The molecule has 16 heteroatoms. The van der Waals surface area contributed by atoms with E-state index < -0.39 is 44.8 Å². The first-order valence-corrected chi connectivity index (χ1v) is 17.2. The van der Waals surface area contributed by atoms with E-state index in [1.807, 2.05) is 12.1 Å². The van der Waals surface area contributed by atoms with Crippen molar-refractivity contribution >= 4 is 33.2 Å². The van der Waals surface area contributed by atoms with Gasteiger partial charge >= 0.3 is 6.18 Å². The van der Waals surface area contributed by atoms with Crippen molar-refractivity contribution in [3.05, 3.63) is 65.0 Å². The SMILES string of the molecule is CN1CCN(c2ccc(S(=O)(=O)N3CCC(Nc4cc(-n5nc(C(F)(F)F)c6c5CC(C)(C)NC6=O)ccc4C(N)=O)CC3)cc2)CC1. The highest BCUT2D eigenvalue weighted by Crippen LogP contribution is 2.37. The summed E-state index contributed by atoms with van der Waals surface area (Å²) in [4.78, 5) is 29.8. The van der Waals surface area contributed by atoms with Gasteiger partial charge in [-0.05, 0) is 76.2 Å². The number of benzene rings is 2. The second-order valence-electron chi connectivity index (χ2n) is 13.3. The van der Waals surface area contributed by atoms with Crippen LogP contribution in [0.4, 0.5) is 24.5 Å². The average Bonchev–Trinajstić information content (AvgIpc) is 3.41. The summed E-state index contributed by atoms with van der Waals surface area (Å²) in [5.41, 5.74) is 4.69. The Hall–Kier alpha value is -4.15. The van der Waals surface area contributed by atoms with E-state index in [1.54, 1.807) is 26.0 Å². The number of aromatic nitrogens is 2. The molecule has 0 aliphatic carbocycles. The number of hydrogen-bond acceptors (Lipinski definition) is 8. The van der Waals surface area contributed by atoms with Gasteiger partial charge in [-0.3, -0.25) is 9.59 Å². The summed E-state index contributed by atoms with van der Waals surface area (Å²) in [6.45, 7) is 7.48. The predicted molar refractivity (Wildman–Crippen MR) is 174 cm³/mol. The van der Waals surface area contributed by atoms with Crippen LogP contribution < -0.4 is 21.3 Å². The van der Waals surface area contributed by atoms with Gasteiger partial charge in [-0.2, -0.15) is 22.6 Å². The molecule has 4 heterocycles. The van der Waals surface area contributed by atoms with Gasteiger partial charge in [0.05, 0.1) is 27.4 Å². The molecular formula is C32H39F3N8O4S. The summed E-state index contributed by atoms with van der Waals surface area (Å²) in [5.74, 6) is -1.61. The highest BCUT2D eigenvalue weighted by molar-refractivity contribution is 7.89. The number of halogens is 3. The third kappa shape index (κ3) is 6.60. The molecule has 0 radical (unpaired) electrons. The fraction of sp³-hybridized carbons (Fsp3) is 0.469. The number of piperazine rings is 1. The van der Waals surface area contributed by atoms with Crippen LogP contribution in [0.3, 0.4) is 0 Å². The van der Waals surface area contributed by atoms with Crippen molar-refractivity contribution in [2.75, 3.05) is 56.5 Å². The highest BCUT2D eigenvalue weighted by atomic mass is 32.2. The minimum absolute atomic E-state index is 0.0863. The van der Waals surface area contributed by atoms with E-state index in [2.05, 4.69) is 32.6 Å². The van der Waals surface area contributed by atoms with E-state index in [9.17, 15) is 31.2 Å². The lowest BCUT2D eigenvalue weighted by atomic mass is 9.90. The van der Waals surface area contributed by atoms with Crippen molar-refractivity contribution < 1.29 is 31.2 Å². The van der Waals surface area contributed by atoms with Gasteiger partial charge in [0.15, 0.2) is 5.69 Å². The van der Waals surface area contributed by atoms with Gasteiger partial charge in [0.1, 0.15) is 0 Å². The Morgan fingerprint density at radius 3 is 2.23 bits per heavy atom. The second-order valence-corrected chi connectivity index (χ2v) is 15.2. The topological polar surface area (TPSA) is 146 Å². The zero-order valence-corrected chi connectivity index (χ0v) is 27.8. The minimum atomic E-state index is -4.87. The molecule has 0 spiro atoms. The van der Waals surface area contributed by atoms with E-state index in [0.717, 1.165) is 36.5 Å². The van der Waals surface area contributed by atoms with E-state index in [1.165, 1.54) is 22.5 Å². The summed E-state index contributed by atoms with van der Waals surface area (Å²) in [5, 5.41) is 9.69. The molecule has 4 N–H and O–H groups in total. The zero-order chi connectivity index (χ0) is 34.6. The summed E-state index contributed by atoms with van der Waals surface area (Å²) in [7, 11) is -1.67. The first kappa shape index (κ1) is 33.7. The van der Waals surface area contributed by atoms with Crippen molar-refractivity contribution in [3.63, 3.8) is 0 Å². The normalized spacial score (nSPS) is 19.5. The number of hydrogen-bond donors (Lipinski definition) is 3. The molecule has 3 aliphatic heterocycles. The molecule has 0 bridgehead atoms. The fourth-order valence-corrected chi connectivity index (χ4v) is 8.07. The number of nitrogens with zero attached hydrogens (tertiary/aromatic N) is 5. The first-order valence-electron chi connectivity index (χ1n) is 15.8. The molecule has 48 heavy (non-hydrogen) atoms. The molecule has 258 valence electrons. The van der Waals surface area contributed by atoms with Gasteiger partial charge in [-0.25, -0.2) is 13.1 Å². The number of alkyl halides is 3. The van der Waals surface area contributed by atoms with Crippen LogP contribution in [0, 0.1) is 0 Å². The zero-order valence-electron chi connectivity index (χ0n) is 27.0. The number of amides is 2. The number of likely N-dealkylation sites (N-methyl/N-ethyl adjacent to an activating group) is 1. The molecule has 3 aromatic rings. The molecule has 2 amide bonds. The average molecular weight is 689 g/mol. The van der Waals surface area contributed by atoms with E-state index in [4.69, 9.17) is 5.73 Å². The van der Waals surface area contributed by atoms with Crippen LogP contribution in [0.5, 0.6) is 0 Å². The Morgan fingerprint density at radius 1 is 1.00 bits per heavy atom. The summed E-state index contributed by atoms with van der Waals surface area (Å²) < 4.78 is 71.5. The number of piperidine rings is 1. The second kappa shape index (κ2) is 12.4.